The number of aliphatic carboxylic acids is 1. The van der Waals surface area contributed by atoms with Gasteiger partial charge in [-0.25, -0.2) is 19.3 Å². The molecule has 1 amide bonds. The molecule has 2 aromatic rings. The van der Waals surface area contributed by atoms with Gasteiger partial charge in [0.1, 0.15) is 29.8 Å². The predicted octanol–water partition coefficient (Wildman–Crippen LogP) is 2.71. The molecule has 11 heteroatoms. The van der Waals surface area contributed by atoms with E-state index in [2.05, 4.69) is 15.3 Å². The third-order valence-corrected chi connectivity index (χ3v) is 6.52. The van der Waals surface area contributed by atoms with E-state index in [1.165, 1.54) is 0 Å². The van der Waals surface area contributed by atoms with Gasteiger partial charge in [0, 0.05) is 33.0 Å². The van der Waals surface area contributed by atoms with Crippen LogP contribution in [0.25, 0.3) is 11.4 Å². The minimum Gasteiger partial charge on any atom is -0.488 e. The van der Waals surface area contributed by atoms with Crippen LogP contribution < -0.4 is 4.74 Å². The fraction of sp³-hybridized carbons (Fsp3) is 0.609. The molecule has 34 heavy (non-hydrogen) atoms. The molecule has 2 aromatic heterocycles. The summed E-state index contributed by atoms with van der Waals surface area (Å²) < 4.78 is 18.4. The van der Waals surface area contributed by atoms with Gasteiger partial charge in [0.25, 0.3) is 0 Å². The number of amides is 1. The maximum Gasteiger partial charge on any atom is 0.410 e. The van der Waals surface area contributed by atoms with Gasteiger partial charge in [-0.05, 0) is 31.9 Å². The first-order valence-corrected chi connectivity index (χ1v) is 11.6. The third kappa shape index (κ3) is 5.30. The lowest BCUT2D eigenvalue weighted by Gasteiger charge is -2.28. The maximum absolute atomic E-state index is 12.5. The van der Waals surface area contributed by atoms with E-state index in [0.29, 0.717) is 41.6 Å². The van der Waals surface area contributed by atoms with Crippen LogP contribution in [0.4, 0.5) is 4.79 Å². The lowest BCUT2D eigenvalue weighted by molar-refractivity contribution is -0.156. The van der Waals surface area contributed by atoms with Crippen LogP contribution in [-0.4, -0.2) is 74.0 Å². The predicted molar refractivity (Wildman–Crippen MR) is 120 cm³/mol. The van der Waals surface area contributed by atoms with Crippen molar-refractivity contribution in [2.24, 2.45) is 7.05 Å². The molecule has 2 fully saturated rings. The van der Waals surface area contributed by atoms with E-state index in [4.69, 9.17) is 14.2 Å². The molecule has 0 bridgehead atoms. The summed E-state index contributed by atoms with van der Waals surface area (Å²) in [6.07, 6.45) is 3.70. The monoisotopic (exact) mass is 473 g/mol. The molecule has 3 heterocycles. The molecule has 2 aliphatic rings. The van der Waals surface area contributed by atoms with E-state index >= 15 is 0 Å². The van der Waals surface area contributed by atoms with Gasteiger partial charge < -0.3 is 24.2 Å². The van der Waals surface area contributed by atoms with Crippen LogP contribution in [-0.2, 0) is 27.9 Å². The van der Waals surface area contributed by atoms with E-state index in [9.17, 15) is 14.7 Å². The lowest BCUT2D eigenvalue weighted by Crippen LogP contribution is -2.37. The third-order valence-electron chi connectivity index (χ3n) is 6.52. The average molecular weight is 474 g/mol. The number of pyridine rings is 1. The Kier molecular flexibility index (Phi) is 7.30. The summed E-state index contributed by atoms with van der Waals surface area (Å²) in [6.45, 7) is 2.19. The van der Waals surface area contributed by atoms with Gasteiger partial charge in [0.15, 0.2) is 6.10 Å². The van der Waals surface area contributed by atoms with E-state index in [-0.39, 0.29) is 31.3 Å². The molecule has 184 valence electrons. The summed E-state index contributed by atoms with van der Waals surface area (Å²) in [6, 6.07) is 3.80. The summed E-state index contributed by atoms with van der Waals surface area (Å²) in [7, 11) is 3.52. The smallest absolute Gasteiger partial charge is 0.410 e. The second-order valence-electron chi connectivity index (χ2n) is 8.85. The Balaban J connectivity index is 1.43. The Morgan fingerprint density at radius 1 is 1.26 bits per heavy atom. The van der Waals surface area contributed by atoms with Crippen molar-refractivity contribution in [3.63, 3.8) is 0 Å². The van der Waals surface area contributed by atoms with Crippen molar-refractivity contribution < 1.29 is 28.9 Å². The zero-order chi connectivity index (χ0) is 24.2. The molecular formula is C23H31N5O6. The minimum atomic E-state index is -0.983. The molecule has 0 radical (unpaired) electrons. The summed E-state index contributed by atoms with van der Waals surface area (Å²) in [4.78, 5) is 30.0. The van der Waals surface area contributed by atoms with Crippen LogP contribution in [0, 0.1) is 6.92 Å². The number of rotatable bonds is 7. The largest absolute Gasteiger partial charge is 0.488 e. The van der Waals surface area contributed by atoms with E-state index in [1.807, 2.05) is 6.92 Å². The van der Waals surface area contributed by atoms with Crippen LogP contribution in [0.5, 0.6) is 5.75 Å². The minimum absolute atomic E-state index is 0.0341. The number of carbonyl (C=O) groups is 2. The van der Waals surface area contributed by atoms with E-state index < -0.39 is 12.1 Å². The number of hydrogen-bond acceptors (Lipinski definition) is 8. The zero-order valence-corrected chi connectivity index (χ0v) is 19.8. The molecule has 1 aliphatic heterocycles. The highest BCUT2D eigenvalue weighted by atomic mass is 16.6. The molecule has 1 saturated carbocycles. The molecule has 1 N–H and O–H groups in total. The molecule has 11 nitrogen and oxygen atoms in total. The number of carboxylic acids is 1. The number of carboxylic acid groups (broad SMARTS) is 1. The molecule has 0 spiro atoms. The van der Waals surface area contributed by atoms with Gasteiger partial charge >= 0.3 is 12.1 Å². The van der Waals surface area contributed by atoms with Crippen molar-refractivity contribution in [2.75, 3.05) is 13.7 Å². The van der Waals surface area contributed by atoms with E-state index in [1.54, 1.807) is 35.8 Å². The van der Waals surface area contributed by atoms with Gasteiger partial charge in [0.2, 0.25) is 0 Å². The normalized spacial score (nSPS) is 20.8. The Bertz CT molecular complexity index is 1030. The van der Waals surface area contributed by atoms with Crippen LogP contribution in [0.15, 0.2) is 12.1 Å². The quantitative estimate of drug-likeness (QED) is 0.645. The van der Waals surface area contributed by atoms with Gasteiger partial charge in [0.05, 0.1) is 18.0 Å². The van der Waals surface area contributed by atoms with Crippen molar-refractivity contribution in [3.8, 4) is 17.1 Å². The first-order chi connectivity index (χ1) is 16.3. The van der Waals surface area contributed by atoms with Crippen LogP contribution in [0.3, 0.4) is 0 Å². The van der Waals surface area contributed by atoms with Gasteiger partial charge in [-0.1, -0.05) is 18.1 Å². The molecule has 1 saturated heterocycles. The molecule has 2 atom stereocenters. The Morgan fingerprint density at radius 3 is 2.74 bits per heavy atom. The highest BCUT2D eigenvalue weighted by Gasteiger charge is 2.30. The molecule has 1 aliphatic carbocycles. The number of ether oxygens (including phenoxy) is 3. The van der Waals surface area contributed by atoms with Crippen molar-refractivity contribution in [1.29, 1.82) is 0 Å². The van der Waals surface area contributed by atoms with Gasteiger partial charge in [-0.2, -0.15) is 0 Å². The Labute approximate surface area is 198 Å². The SMILES string of the molecule is Cc1nc(-c2nnn(C)c2COC(=O)N(C)C2CCCC2)ccc1O[C@H]1CCO[C@@H](C(=O)O)C1. The number of aromatic nitrogens is 4. The highest BCUT2D eigenvalue weighted by molar-refractivity contribution is 5.72. The number of nitrogens with zero attached hydrogens (tertiary/aromatic N) is 5. The fourth-order valence-corrected chi connectivity index (χ4v) is 4.44. The highest BCUT2D eigenvalue weighted by Crippen LogP contribution is 2.28. The Morgan fingerprint density at radius 2 is 2.03 bits per heavy atom. The lowest BCUT2D eigenvalue weighted by atomic mass is 10.1. The van der Waals surface area contributed by atoms with Crippen LogP contribution in [0.1, 0.15) is 49.9 Å². The summed E-state index contributed by atoms with van der Waals surface area (Å²) in [5, 5.41) is 17.5. The van der Waals surface area contributed by atoms with Crippen LogP contribution >= 0.6 is 0 Å². The Hall–Kier alpha value is -3.21. The molecule has 4 rings (SSSR count). The van der Waals surface area contributed by atoms with Gasteiger partial charge in [-0.3, -0.25) is 0 Å². The van der Waals surface area contributed by atoms with Crippen molar-refractivity contribution in [1.82, 2.24) is 24.9 Å². The number of aryl methyl sites for hydroxylation is 2. The first-order valence-electron chi connectivity index (χ1n) is 11.6. The second-order valence-corrected chi connectivity index (χ2v) is 8.85. The summed E-state index contributed by atoms with van der Waals surface area (Å²) in [5.74, 6) is -0.404. The van der Waals surface area contributed by atoms with E-state index in [0.717, 1.165) is 25.7 Å². The van der Waals surface area contributed by atoms with Crippen molar-refractivity contribution >= 4 is 12.1 Å². The number of carbonyl (C=O) groups excluding carboxylic acids is 1. The molecular weight excluding hydrogens is 442 g/mol. The first kappa shape index (κ1) is 23.9. The van der Waals surface area contributed by atoms with Gasteiger partial charge in [-0.15, -0.1) is 5.10 Å². The zero-order valence-electron chi connectivity index (χ0n) is 19.8. The van der Waals surface area contributed by atoms with Crippen molar-refractivity contribution in [2.45, 2.75) is 70.3 Å². The maximum atomic E-state index is 12.5. The summed E-state index contributed by atoms with van der Waals surface area (Å²) in [5.41, 5.74) is 2.40. The average Bonchev–Trinajstić information content (AvgIpc) is 3.48. The standard InChI is InChI=1S/C23H31N5O6/c1-14-19(34-16-10-11-32-20(12-16)22(29)30)9-8-17(24-14)21-18(28(3)26-25-21)13-33-23(31)27(2)15-6-4-5-7-15/h8-9,15-16,20H,4-7,10-13H2,1-3H3,(H,29,30)/t16-,20+/m0/s1. The fourth-order valence-electron chi connectivity index (χ4n) is 4.44. The summed E-state index contributed by atoms with van der Waals surface area (Å²) >= 11 is 0. The van der Waals surface area contributed by atoms with Crippen molar-refractivity contribution in [3.05, 3.63) is 23.5 Å². The topological polar surface area (TPSA) is 129 Å². The molecule has 0 unspecified atom stereocenters. The number of hydrogen-bond donors (Lipinski definition) is 1. The molecule has 0 aromatic carbocycles. The van der Waals surface area contributed by atoms with Crippen LogP contribution in [0.2, 0.25) is 0 Å². The second kappa shape index (κ2) is 10.4.